The molecular weight excluding hydrogens is 386 g/mol. The maximum absolute atomic E-state index is 12.0. The van der Waals surface area contributed by atoms with Crippen molar-refractivity contribution in [3.8, 4) is 0 Å². The number of primary amides is 1. The van der Waals surface area contributed by atoms with Gasteiger partial charge in [0.05, 0.1) is 6.54 Å². The van der Waals surface area contributed by atoms with E-state index in [1.807, 2.05) is 24.3 Å². The molecule has 0 fully saturated rings. The Hall–Kier alpha value is -2.67. The minimum Gasteiger partial charge on any atom is -0.368 e. The summed E-state index contributed by atoms with van der Waals surface area (Å²) in [4.78, 5) is 35.5. The normalized spacial score (nSPS) is 11.4. The monoisotopic (exact) mass is 403 g/mol. The number of hydrogen-bond donors (Lipinski definition) is 3. The molecule has 0 aliphatic heterocycles. The van der Waals surface area contributed by atoms with Crippen LogP contribution in [0, 0.1) is 0 Å². The van der Waals surface area contributed by atoms with Crippen molar-refractivity contribution < 1.29 is 14.4 Å². The van der Waals surface area contributed by atoms with Gasteiger partial charge in [-0.1, -0.05) is 46.3 Å². The lowest BCUT2D eigenvalue weighted by Gasteiger charge is -2.16. The Morgan fingerprint density at radius 1 is 1.04 bits per heavy atom. The summed E-state index contributed by atoms with van der Waals surface area (Å²) < 4.78 is 0.870. The second-order valence-corrected chi connectivity index (χ2v) is 6.32. The standard InChI is InChI=1S/C18H18BrN3O3/c19-14-8-4-5-12(9-14)10-15(17(20)24)22-16(23)11-21-18(25)13-6-2-1-3-7-13/h1-9,15H,10-11H2,(H2,20,24)(H,21,25)(H,22,23)/t15-/m1/s1. The quantitative estimate of drug-likeness (QED) is 0.650. The fraction of sp³-hybridized carbons (Fsp3) is 0.167. The van der Waals surface area contributed by atoms with Crippen molar-refractivity contribution in [1.82, 2.24) is 10.6 Å². The summed E-state index contributed by atoms with van der Waals surface area (Å²) in [5, 5.41) is 5.05. The van der Waals surface area contributed by atoms with Crippen LogP contribution in [0.2, 0.25) is 0 Å². The van der Waals surface area contributed by atoms with Gasteiger partial charge in [0, 0.05) is 16.5 Å². The lowest BCUT2D eigenvalue weighted by molar-refractivity contribution is -0.126. The van der Waals surface area contributed by atoms with Crippen LogP contribution in [0.25, 0.3) is 0 Å². The van der Waals surface area contributed by atoms with Gasteiger partial charge in [0.2, 0.25) is 11.8 Å². The second kappa shape index (κ2) is 8.98. The van der Waals surface area contributed by atoms with Gasteiger partial charge < -0.3 is 16.4 Å². The van der Waals surface area contributed by atoms with E-state index in [2.05, 4.69) is 26.6 Å². The summed E-state index contributed by atoms with van der Waals surface area (Å²) in [6.07, 6.45) is 0.271. The zero-order chi connectivity index (χ0) is 18.2. The third-order valence-corrected chi connectivity index (χ3v) is 3.95. The molecule has 0 aliphatic carbocycles. The topological polar surface area (TPSA) is 101 Å². The summed E-state index contributed by atoms with van der Waals surface area (Å²) >= 11 is 3.35. The SMILES string of the molecule is NC(=O)[C@@H](Cc1cccc(Br)c1)NC(=O)CNC(=O)c1ccccc1. The Labute approximate surface area is 153 Å². The Morgan fingerprint density at radius 2 is 1.76 bits per heavy atom. The van der Waals surface area contributed by atoms with Crippen LogP contribution in [0.5, 0.6) is 0 Å². The molecule has 3 amide bonds. The van der Waals surface area contributed by atoms with E-state index in [0.717, 1.165) is 10.0 Å². The number of carbonyl (C=O) groups is 3. The number of benzene rings is 2. The van der Waals surface area contributed by atoms with E-state index in [-0.39, 0.29) is 18.9 Å². The van der Waals surface area contributed by atoms with Crippen LogP contribution < -0.4 is 16.4 Å². The predicted molar refractivity (Wildman–Crippen MR) is 97.7 cm³/mol. The number of nitrogens with one attached hydrogen (secondary N) is 2. The van der Waals surface area contributed by atoms with Crippen molar-refractivity contribution in [3.05, 3.63) is 70.2 Å². The van der Waals surface area contributed by atoms with Gasteiger partial charge >= 0.3 is 0 Å². The molecule has 6 nitrogen and oxygen atoms in total. The van der Waals surface area contributed by atoms with E-state index in [1.165, 1.54) is 0 Å². The molecule has 2 aromatic carbocycles. The molecule has 25 heavy (non-hydrogen) atoms. The fourth-order valence-electron chi connectivity index (χ4n) is 2.22. The van der Waals surface area contributed by atoms with Crippen LogP contribution in [-0.2, 0) is 16.0 Å². The molecule has 0 saturated heterocycles. The molecule has 0 saturated carbocycles. The zero-order valence-corrected chi connectivity index (χ0v) is 15.0. The lowest BCUT2D eigenvalue weighted by atomic mass is 10.1. The van der Waals surface area contributed by atoms with Crippen molar-refractivity contribution in [3.63, 3.8) is 0 Å². The molecule has 130 valence electrons. The van der Waals surface area contributed by atoms with Crippen molar-refractivity contribution in [1.29, 1.82) is 0 Å². The number of halogens is 1. The first-order chi connectivity index (χ1) is 12.0. The largest absolute Gasteiger partial charge is 0.368 e. The minimum absolute atomic E-state index is 0.240. The summed E-state index contributed by atoms with van der Waals surface area (Å²) in [6.45, 7) is -0.240. The average molecular weight is 404 g/mol. The van der Waals surface area contributed by atoms with Crippen LogP contribution in [-0.4, -0.2) is 30.3 Å². The molecule has 7 heteroatoms. The van der Waals surface area contributed by atoms with Gasteiger partial charge in [-0.25, -0.2) is 0 Å². The van der Waals surface area contributed by atoms with Crippen LogP contribution in [0.3, 0.4) is 0 Å². The van der Waals surface area contributed by atoms with E-state index in [1.54, 1.807) is 30.3 Å². The smallest absolute Gasteiger partial charge is 0.251 e. The van der Waals surface area contributed by atoms with E-state index >= 15 is 0 Å². The van der Waals surface area contributed by atoms with Gasteiger partial charge in [-0.2, -0.15) is 0 Å². The van der Waals surface area contributed by atoms with Gasteiger partial charge in [0.15, 0.2) is 0 Å². The number of amides is 3. The summed E-state index contributed by atoms with van der Waals surface area (Å²) in [5.41, 5.74) is 6.67. The highest BCUT2D eigenvalue weighted by molar-refractivity contribution is 9.10. The van der Waals surface area contributed by atoms with Gasteiger partial charge in [-0.15, -0.1) is 0 Å². The van der Waals surface area contributed by atoms with E-state index < -0.39 is 17.9 Å². The van der Waals surface area contributed by atoms with Gasteiger partial charge in [-0.3, -0.25) is 14.4 Å². The molecular formula is C18H18BrN3O3. The third-order valence-electron chi connectivity index (χ3n) is 3.45. The van der Waals surface area contributed by atoms with Crippen molar-refractivity contribution in [2.75, 3.05) is 6.54 Å². The Kier molecular flexibility index (Phi) is 6.71. The predicted octanol–water partition coefficient (Wildman–Crippen LogP) is 1.39. The first-order valence-electron chi connectivity index (χ1n) is 7.62. The second-order valence-electron chi connectivity index (χ2n) is 5.41. The molecule has 0 heterocycles. The number of rotatable bonds is 7. The maximum Gasteiger partial charge on any atom is 0.251 e. The molecule has 0 bridgehead atoms. The highest BCUT2D eigenvalue weighted by atomic mass is 79.9. The first-order valence-corrected chi connectivity index (χ1v) is 8.41. The fourth-order valence-corrected chi connectivity index (χ4v) is 2.67. The van der Waals surface area contributed by atoms with Crippen molar-refractivity contribution >= 4 is 33.7 Å². The lowest BCUT2D eigenvalue weighted by Crippen LogP contribution is -2.49. The Bertz CT molecular complexity index is 765. The van der Waals surface area contributed by atoms with Crippen molar-refractivity contribution in [2.45, 2.75) is 12.5 Å². The Morgan fingerprint density at radius 3 is 2.40 bits per heavy atom. The van der Waals surface area contributed by atoms with Gasteiger partial charge in [-0.05, 0) is 29.8 Å². The summed E-state index contributed by atoms with van der Waals surface area (Å²) in [5.74, 6) is -1.48. The van der Waals surface area contributed by atoms with Gasteiger partial charge in [0.25, 0.3) is 5.91 Å². The van der Waals surface area contributed by atoms with E-state index in [4.69, 9.17) is 5.73 Å². The third kappa shape index (κ3) is 6.04. The average Bonchev–Trinajstić information content (AvgIpc) is 2.60. The van der Waals surface area contributed by atoms with Crippen molar-refractivity contribution in [2.24, 2.45) is 5.73 Å². The van der Waals surface area contributed by atoms with Crippen LogP contribution in [0.1, 0.15) is 15.9 Å². The first kappa shape index (κ1) is 18.7. The number of carbonyl (C=O) groups excluding carboxylic acids is 3. The van der Waals surface area contributed by atoms with E-state index in [0.29, 0.717) is 5.56 Å². The summed E-state index contributed by atoms with van der Waals surface area (Å²) in [7, 11) is 0. The molecule has 4 N–H and O–H groups in total. The molecule has 0 radical (unpaired) electrons. The number of hydrogen-bond acceptors (Lipinski definition) is 3. The van der Waals surface area contributed by atoms with E-state index in [9.17, 15) is 14.4 Å². The van der Waals surface area contributed by atoms with Crippen LogP contribution in [0.15, 0.2) is 59.1 Å². The van der Waals surface area contributed by atoms with Crippen LogP contribution in [0.4, 0.5) is 0 Å². The molecule has 0 spiro atoms. The number of nitrogens with two attached hydrogens (primary N) is 1. The molecule has 2 aromatic rings. The molecule has 0 aromatic heterocycles. The highest BCUT2D eigenvalue weighted by Crippen LogP contribution is 2.13. The Balaban J connectivity index is 1.89. The maximum atomic E-state index is 12.0. The molecule has 2 rings (SSSR count). The molecule has 0 unspecified atom stereocenters. The zero-order valence-electron chi connectivity index (χ0n) is 13.4. The van der Waals surface area contributed by atoms with Gasteiger partial charge in [0.1, 0.15) is 6.04 Å². The minimum atomic E-state index is -0.851. The van der Waals surface area contributed by atoms with Crippen LogP contribution >= 0.6 is 15.9 Å². The molecule has 0 aliphatic rings. The highest BCUT2D eigenvalue weighted by Gasteiger charge is 2.19. The molecule has 1 atom stereocenters. The summed E-state index contributed by atoms with van der Waals surface area (Å²) in [6, 6.07) is 15.1.